The third-order valence-electron chi connectivity index (χ3n) is 4.61. The van der Waals surface area contributed by atoms with Crippen LogP contribution in [0.4, 0.5) is 0 Å². The summed E-state index contributed by atoms with van der Waals surface area (Å²) in [6, 6.07) is 4.19. The summed E-state index contributed by atoms with van der Waals surface area (Å²) in [5, 5.41) is 6.22. The smallest absolute Gasteiger partial charge is 0.332 e. The lowest BCUT2D eigenvalue weighted by Crippen LogP contribution is -2.52. The van der Waals surface area contributed by atoms with E-state index in [1.165, 1.54) is 16.5 Å². The Morgan fingerprint density at radius 3 is 3.00 bits per heavy atom. The lowest BCUT2D eigenvalue weighted by molar-refractivity contribution is -0.0857. The molecule has 0 aliphatic carbocycles. The molecule has 1 saturated heterocycles. The maximum atomic E-state index is 12.2. The van der Waals surface area contributed by atoms with Crippen molar-refractivity contribution in [2.45, 2.75) is 31.7 Å². The maximum absolute atomic E-state index is 12.2. The van der Waals surface area contributed by atoms with Crippen LogP contribution in [-0.2, 0) is 31.5 Å². The summed E-state index contributed by atoms with van der Waals surface area (Å²) in [7, 11) is 1.49. The van der Waals surface area contributed by atoms with Crippen LogP contribution in [0.1, 0.15) is 17.1 Å². The Hall–Kier alpha value is -1.77. The Labute approximate surface area is 136 Å². The number of ether oxygens (including phenoxy) is 1. The molecule has 0 amide bonds. The molecule has 7 nitrogen and oxygen atoms in total. The summed E-state index contributed by atoms with van der Waals surface area (Å²) in [5.74, 6) is 0.527. The number of aryl methyl sites for hydroxylation is 1. The van der Waals surface area contributed by atoms with Crippen LogP contribution >= 0.6 is 11.3 Å². The van der Waals surface area contributed by atoms with E-state index in [1.54, 1.807) is 11.3 Å². The molecule has 2 aromatic rings. The van der Waals surface area contributed by atoms with Gasteiger partial charge in [0.1, 0.15) is 12.2 Å². The molecule has 8 heteroatoms. The SMILES string of the molecule is Cn1nc2n(c(=O)c1=O)C[C@]1(CCN(Cc3cccs3)C1)OC2. The van der Waals surface area contributed by atoms with Crippen LogP contribution in [0.2, 0.25) is 0 Å². The fourth-order valence-corrected chi connectivity index (χ4v) is 4.14. The Bertz CT molecular complexity index is 841. The average molecular weight is 334 g/mol. The zero-order valence-corrected chi connectivity index (χ0v) is 13.7. The molecule has 2 aromatic heterocycles. The summed E-state index contributed by atoms with van der Waals surface area (Å²) in [5.41, 5.74) is -1.47. The number of thiophene rings is 1. The molecule has 1 atom stereocenters. The Balaban J connectivity index is 1.57. The molecule has 122 valence electrons. The van der Waals surface area contributed by atoms with Crippen LogP contribution in [0.3, 0.4) is 0 Å². The molecule has 0 unspecified atom stereocenters. The predicted octanol–water partition coefficient (Wildman–Crippen LogP) is 0.178. The molecular formula is C15H18N4O3S. The van der Waals surface area contributed by atoms with Crippen molar-refractivity contribution in [2.75, 3.05) is 13.1 Å². The number of aromatic nitrogens is 3. The highest BCUT2D eigenvalue weighted by Crippen LogP contribution is 2.32. The van der Waals surface area contributed by atoms with Crippen LogP contribution in [-0.4, -0.2) is 37.9 Å². The van der Waals surface area contributed by atoms with E-state index in [1.807, 2.05) is 0 Å². The molecule has 23 heavy (non-hydrogen) atoms. The minimum Gasteiger partial charge on any atom is -0.364 e. The van der Waals surface area contributed by atoms with E-state index in [0.717, 1.165) is 30.7 Å². The van der Waals surface area contributed by atoms with Crippen molar-refractivity contribution in [1.82, 2.24) is 19.2 Å². The van der Waals surface area contributed by atoms with Gasteiger partial charge in [-0.3, -0.25) is 19.1 Å². The van der Waals surface area contributed by atoms with Gasteiger partial charge in [-0.1, -0.05) is 6.07 Å². The number of nitrogens with zero attached hydrogens (tertiary/aromatic N) is 4. The first-order valence-corrected chi connectivity index (χ1v) is 8.50. The number of hydrogen-bond donors (Lipinski definition) is 0. The minimum atomic E-state index is -0.584. The zero-order chi connectivity index (χ0) is 16.0. The molecule has 0 N–H and O–H groups in total. The van der Waals surface area contributed by atoms with Gasteiger partial charge in [0.15, 0.2) is 5.82 Å². The normalized spacial score (nSPS) is 24.2. The van der Waals surface area contributed by atoms with Crippen molar-refractivity contribution >= 4 is 11.3 Å². The number of rotatable bonds is 2. The van der Waals surface area contributed by atoms with Gasteiger partial charge >= 0.3 is 11.1 Å². The summed E-state index contributed by atoms with van der Waals surface area (Å²) in [4.78, 5) is 27.7. The van der Waals surface area contributed by atoms with Crippen LogP contribution < -0.4 is 11.1 Å². The van der Waals surface area contributed by atoms with E-state index in [-0.39, 0.29) is 12.2 Å². The standard InChI is InChI=1S/C15H18N4O3S/c1-17-13(20)14(21)19-10-15(22-8-12(19)16-17)4-5-18(9-15)7-11-3-2-6-23-11/h2-3,6H,4-5,7-10H2,1H3/t15-/m1/s1. The van der Waals surface area contributed by atoms with Gasteiger partial charge in [0.25, 0.3) is 0 Å². The molecule has 2 aliphatic rings. The summed E-state index contributed by atoms with van der Waals surface area (Å²) >= 11 is 1.75. The zero-order valence-electron chi connectivity index (χ0n) is 12.9. The number of fused-ring (bicyclic) bond motifs is 1. The lowest BCUT2D eigenvalue weighted by Gasteiger charge is -2.35. The Morgan fingerprint density at radius 1 is 1.35 bits per heavy atom. The molecule has 4 heterocycles. The van der Waals surface area contributed by atoms with Crippen molar-refractivity contribution in [3.63, 3.8) is 0 Å². The molecule has 4 rings (SSSR count). The fourth-order valence-electron chi connectivity index (χ4n) is 3.40. The van der Waals surface area contributed by atoms with E-state index in [0.29, 0.717) is 12.4 Å². The van der Waals surface area contributed by atoms with E-state index < -0.39 is 11.1 Å². The van der Waals surface area contributed by atoms with Gasteiger partial charge in [-0.05, 0) is 17.9 Å². The van der Waals surface area contributed by atoms with Gasteiger partial charge in [0.05, 0.1) is 6.54 Å². The lowest BCUT2D eigenvalue weighted by atomic mass is 10.0. The van der Waals surface area contributed by atoms with Crippen LogP contribution in [0.25, 0.3) is 0 Å². The van der Waals surface area contributed by atoms with Gasteiger partial charge in [0.2, 0.25) is 0 Å². The summed E-state index contributed by atoms with van der Waals surface area (Å²) < 4.78 is 8.67. The fraction of sp³-hybridized carbons (Fsp3) is 0.533. The molecule has 0 bridgehead atoms. The van der Waals surface area contributed by atoms with Crippen molar-refractivity contribution in [2.24, 2.45) is 7.05 Å². The summed E-state index contributed by atoms with van der Waals surface area (Å²) in [6.45, 7) is 3.28. The molecule has 0 radical (unpaired) electrons. The molecule has 0 aromatic carbocycles. The largest absolute Gasteiger partial charge is 0.364 e. The van der Waals surface area contributed by atoms with Crippen molar-refractivity contribution in [3.05, 3.63) is 48.9 Å². The van der Waals surface area contributed by atoms with Crippen molar-refractivity contribution < 1.29 is 4.74 Å². The van der Waals surface area contributed by atoms with Crippen LogP contribution in [0.5, 0.6) is 0 Å². The highest BCUT2D eigenvalue weighted by molar-refractivity contribution is 7.09. The van der Waals surface area contributed by atoms with Crippen LogP contribution in [0.15, 0.2) is 27.1 Å². The first kappa shape index (κ1) is 14.8. The van der Waals surface area contributed by atoms with E-state index in [2.05, 4.69) is 27.5 Å². The maximum Gasteiger partial charge on any atom is 0.332 e. The second-order valence-corrected chi connectivity index (χ2v) is 7.28. The van der Waals surface area contributed by atoms with Crippen molar-refractivity contribution in [1.29, 1.82) is 0 Å². The highest BCUT2D eigenvalue weighted by Gasteiger charge is 2.43. The summed E-state index contributed by atoms with van der Waals surface area (Å²) in [6.07, 6.45) is 0.861. The molecule has 1 spiro atoms. The molecule has 1 fully saturated rings. The van der Waals surface area contributed by atoms with Gasteiger partial charge < -0.3 is 4.74 Å². The van der Waals surface area contributed by atoms with Gasteiger partial charge in [-0.25, -0.2) is 4.68 Å². The predicted molar refractivity (Wildman–Crippen MR) is 85.5 cm³/mol. The Morgan fingerprint density at radius 2 is 2.22 bits per heavy atom. The first-order chi connectivity index (χ1) is 11.1. The third kappa shape index (κ3) is 2.56. The average Bonchev–Trinajstić information content (AvgIpc) is 3.18. The molecular weight excluding hydrogens is 316 g/mol. The number of hydrogen-bond acceptors (Lipinski definition) is 6. The van der Waals surface area contributed by atoms with Crippen molar-refractivity contribution in [3.8, 4) is 0 Å². The van der Waals surface area contributed by atoms with Gasteiger partial charge in [-0.2, -0.15) is 5.10 Å². The topological polar surface area (TPSA) is 69.4 Å². The Kier molecular flexibility index (Phi) is 3.47. The number of likely N-dealkylation sites (tertiary alicyclic amines) is 1. The quantitative estimate of drug-likeness (QED) is 0.733. The van der Waals surface area contributed by atoms with E-state index in [9.17, 15) is 9.59 Å². The highest BCUT2D eigenvalue weighted by atomic mass is 32.1. The second kappa shape index (κ2) is 5.40. The van der Waals surface area contributed by atoms with E-state index in [4.69, 9.17) is 4.74 Å². The van der Waals surface area contributed by atoms with E-state index >= 15 is 0 Å². The van der Waals surface area contributed by atoms with Gasteiger partial charge in [-0.15, -0.1) is 11.3 Å². The third-order valence-corrected chi connectivity index (χ3v) is 5.47. The second-order valence-electron chi connectivity index (χ2n) is 6.25. The molecule has 0 saturated carbocycles. The first-order valence-electron chi connectivity index (χ1n) is 7.62. The van der Waals surface area contributed by atoms with Gasteiger partial charge in [0, 0.05) is 31.6 Å². The van der Waals surface area contributed by atoms with Crippen LogP contribution in [0, 0.1) is 0 Å². The minimum absolute atomic E-state index is 0.274. The monoisotopic (exact) mass is 334 g/mol. The molecule has 2 aliphatic heterocycles.